The van der Waals surface area contributed by atoms with Crippen LogP contribution in [0.4, 0.5) is 0 Å². The molecule has 1 fully saturated rings. The first-order valence-corrected chi connectivity index (χ1v) is 12.0. The molecule has 0 heterocycles. The third-order valence-corrected chi connectivity index (χ3v) is 6.62. The summed E-state index contributed by atoms with van der Waals surface area (Å²) in [6.07, 6.45) is 10.6. The predicted octanol–water partition coefficient (Wildman–Crippen LogP) is 4.85. The van der Waals surface area contributed by atoms with E-state index in [1.807, 2.05) is 0 Å². The van der Waals surface area contributed by atoms with E-state index in [2.05, 4.69) is 62.1 Å². The van der Waals surface area contributed by atoms with E-state index in [0.29, 0.717) is 0 Å². The summed E-state index contributed by atoms with van der Waals surface area (Å²) >= 11 is 0. The van der Waals surface area contributed by atoms with Gasteiger partial charge in [-0.25, -0.2) is 0 Å². The molecule has 24 heavy (non-hydrogen) atoms. The quantitative estimate of drug-likeness (QED) is 0.566. The Balaban J connectivity index is 1.98. The van der Waals surface area contributed by atoms with Crippen LogP contribution in [-0.2, 0) is 6.42 Å². The zero-order valence-electron chi connectivity index (χ0n) is 15.1. The summed E-state index contributed by atoms with van der Waals surface area (Å²) in [4.78, 5) is 0. The van der Waals surface area contributed by atoms with Crippen LogP contribution in [0.25, 0.3) is 11.1 Å². The van der Waals surface area contributed by atoms with Gasteiger partial charge < -0.3 is 5.73 Å². The molecule has 1 saturated carbocycles. The van der Waals surface area contributed by atoms with Gasteiger partial charge in [0.05, 0.1) is 0 Å². The van der Waals surface area contributed by atoms with E-state index in [-0.39, 0.29) is 0 Å². The van der Waals surface area contributed by atoms with Crippen molar-refractivity contribution in [2.45, 2.75) is 38.0 Å². The van der Waals surface area contributed by atoms with Crippen LogP contribution in [0.2, 0.25) is 0 Å². The van der Waals surface area contributed by atoms with Gasteiger partial charge in [-0.3, -0.25) is 0 Å². The fourth-order valence-electron chi connectivity index (χ4n) is 3.47. The molecular formula is C22H30NP. The SMILES string of the molecule is C=P(C)(C)c1ccccc1-c1ccc(CCCCN)c(C2CC2)c1. The Morgan fingerprint density at radius 2 is 1.83 bits per heavy atom. The van der Waals surface area contributed by atoms with Crippen molar-refractivity contribution in [1.29, 1.82) is 0 Å². The normalized spacial score (nSPS) is 14.8. The minimum absolute atomic E-state index is 0.785. The molecule has 2 heteroatoms. The largest absolute Gasteiger partial charge is 0.330 e. The van der Waals surface area contributed by atoms with Gasteiger partial charge in [0.1, 0.15) is 0 Å². The maximum Gasteiger partial charge on any atom is -0.00772 e. The number of unbranched alkanes of at least 4 members (excludes halogenated alkanes) is 1. The standard InChI is InChI=1S/C22H30NP/c1-24(2,3)22-10-5-4-9-20(22)19-14-13-17(8-6-7-15-23)21(16-19)18-11-12-18/h4-5,9-10,13-14,16,18H,1,6-8,11-12,15,23H2,2-3H3. The first-order chi connectivity index (χ1) is 11.5. The summed E-state index contributed by atoms with van der Waals surface area (Å²) in [5.74, 6) is 0.785. The average Bonchev–Trinajstić information content (AvgIpc) is 3.39. The fraction of sp³-hybridized carbons (Fsp3) is 0.409. The molecule has 3 rings (SSSR count). The molecule has 0 aliphatic heterocycles. The van der Waals surface area contributed by atoms with Crippen LogP contribution in [0.1, 0.15) is 42.7 Å². The highest BCUT2D eigenvalue weighted by Gasteiger charge is 2.26. The maximum atomic E-state index is 5.66. The summed E-state index contributed by atoms with van der Waals surface area (Å²) < 4.78 is 0. The summed E-state index contributed by atoms with van der Waals surface area (Å²) in [5.41, 5.74) is 11.5. The molecule has 0 unspecified atom stereocenters. The predicted molar refractivity (Wildman–Crippen MR) is 111 cm³/mol. The number of aryl methyl sites for hydroxylation is 1. The lowest BCUT2D eigenvalue weighted by Gasteiger charge is -2.19. The topological polar surface area (TPSA) is 26.0 Å². The molecule has 1 aliphatic carbocycles. The molecule has 2 aromatic rings. The number of hydrogen-bond acceptors (Lipinski definition) is 1. The van der Waals surface area contributed by atoms with Crippen molar-refractivity contribution in [3.05, 3.63) is 53.6 Å². The molecule has 0 aromatic heterocycles. The first kappa shape index (κ1) is 17.5. The van der Waals surface area contributed by atoms with Crippen molar-refractivity contribution in [3.8, 4) is 11.1 Å². The molecule has 0 saturated heterocycles. The number of benzene rings is 2. The van der Waals surface area contributed by atoms with Crippen molar-refractivity contribution in [3.63, 3.8) is 0 Å². The van der Waals surface area contributed by atoms with Crippen molar-refractivity contribution >= 4 is 18.5 Å². The lowest BCUT2D eigenvalue weighted by molar-refractivity contribution is 0.739. The molecule has 0 bridgehead atoms. The van der Waals surface area contributed by atoms with Gasteiger partial charge in [-0.1, -0.05) is 55.6 Å². The second-order valence-corrected chi connectivity index (χ2v) is 11.5. The zero-order chi connectivity index (χ0) is 17.2. The van der Waals surface area contributed by atoms with Gasteiger partial charge >= 0.3 is 0 Å². The molecule has 2 aromatic carbocycles. The van der Waals surface area contributed by atoms with Gasteiger partial charge in [-0.15, -0.1) is 0 Å². The molecule has 2 N–H and O–H groups in total. The molecule has 0 amide bonds. The van der Waals surface area contributed by atoms with Crippen LogP contribution in [-0.4, -0.2) is 26.2 Å². The lowest BCUT2D eigenvalue weighted by atomic mass is 9.94. The van der Waals surface area contributed by atoms with Crippen molar-refractivity contribution in [2.24, 2.45) is 5.73 Å². The molecule has 128 valence electrons. The van der Waals surface area contributed by atoms with Gasteiger partial charge in [0.25, 0.3) is 0 Å². The monoisotopic (exact) mass is 339 g/mol. The van der Waals surface area contributed by atoms with E-state index >= 15 is 0 Å². The van der Waals surface area contributed by atoms with Crippen molar-refractivity contribution in [2.75, 3.05) is 19.9 Å². The summed E-state index contributed by atoms with van der Waals surface area (Å²) in [6, 6.07) is 16.0. The highest BCUT2D eigenvalue weighted by molar-refractivity contribution is 7.79. The number of nitrogens with two attached hydrogens (primary N) is 1. The van der Waals surface area contributed by atoms with Crippen LogP contribution < -0.4 is 11.0 Å². The maximum absolute atomic E-state index is 5.66. The second-order valence-electron chi connectivity index (χ2n) is 7.64. The van der Waals surface area contributed by atoms with E-state index in [1.165, 1.54) is 47.7 Å². The van der Waals surface area contributed by atoms with Gasteiger partial charge in [0.2, 0.25) is 0 Å². The Kier molecular flexibility index (Phi) is 5.33. The zero-order valence-corrected chi connectivity index (χ0v) is 16.0. The molecule has 1 nitrogen and oxygen atoms in total. The van der Waals surface area contributed by atoms with Crippen LogP contribution in [0, 0.1) is 0 Å². The Labute approximate surface area is 147 Å². The van der Waals surface area contributed by atoms with Gasteiger partial charge in [0, 0.05) is 0 Å². The second kappa shape index (κ2) is 7.30. The highest BCUT2D eigenvalue weighted by atomic mass is 31.2. The Bertz CT molecular complexity index is 752. The van der Waals surface area contributed by atoms with Gasteiger partial charge in [-0.05, 0) is 85.5 Å². The fourth-order valence-corrected chi connectivity index (χ4v) is 4.82. The highest BCUT2D eigenvalue weighted by Crippen LogP contribution is 2.44. The molecule has 0 atom stereocenters. The van der Waals surface area contributed by atoms with E-state index in [4.69, 9.17) is 5.73 Å². The van der Waals surface area contributed by atoms with Gasteiger partial charge in [-0.2, -0.15) is 0 Å². The number of rotatable bonds is 7. The van der Waals surface area contributed by atoms with Crippen LogP contribution in [0.3, 0.4) is 0 Å². The van der Waals surface area contributed by atoms with E-state index in [9.17, 15) is 0 Å². The van der Waals surface area contributed by atoms with Gasteiger partial charge in [0.15, 0.2) is 0 Å². The van der Waals surface area contributed by atoms with E-state index in [1.54, 1.807) is 5.56 Å². The van der Waals surface area contributed by atoms with Crippen LogP contribution in [0.15, 0.2) is 42.5 Å². The lowest BCUT2D eigenvalue weighted by Crippen LogP contribution is -2.07. The minimum atomic E-state index is -1.29. The minimum Gasteiger partial charge on any atom is -0.330 e. The third kappa shape index (κ3) is 4.02. The van der Waals surface area contributed by atoms with Crippen LogP contribution in [0.5, 0.6) is 0 Å². The molecule has 1 aliphatic rings. The van der Waals surface area contributed by atoms with E-state index in [0.717, 1.165) is 18.9 Å². The van der Waals surface area contributed by atoms with Crippen molar-refractivity contribution in [1.82, 2.24) is 0 Å². The van der Waals surface area contributed by atoms with Crippen molar-refractivity contribution < 1.29 is 0 Å². The Morgan fingerprint density at radius 1 is 1.08 bits per heavy atom. The average molecular weight is 339 g/mol. The van der Waals surface area contributed by atoms with E-state index < -0.39 is 6.89 Å². The smallest absolute Gasteiger partial charge is 0.00772 e. The molecule has 0 radical (unpaired) electrons. The molecular weight excluding hydrogens is 309 g/mol. The summed E-state index contributed by atoms with van der Waals surface area (Å²) in [7, 11) is 0. The Morgan fingerprint density at radius 3 is 2.50 bits per heavy atom. The van der Waals surface area contributed by atoms with Crippen LogP contribution >= 0.6 is 6.89 Å². The summed E-state index contributed by atoms with van der Waals surface area (Å²) in [6.45, 7) is 4.11. The summed E-state index contributed by atoms with van der Waals surface area (Å²) in [5, 5.41) is 1.43. The molecule has 0 spiro atoms. The number of hydrogen-bond donors (Lipinski definition) is 1. The first-order valence-electron chi connectivity index (χ1n) is 9.12. The third-order valence-electron chi connectivity index (χ3n) is 4.93. The Hall–Kier alpha value is -1.30.